The number of aliphatic hydroxyl groups is 1. The first kappa shape index (κ1) is 11.0. The van der Waals surface area contributed by atoms with E-state index in [-0.39, 0.29) is 5.60 Å². The van der Waals surface area contributed by atoms with Gasteiger partial charge in [0, 0.05) is 0 Å². The Kier molecular flexibility index (Phi) is 2.35. The lowest BCUT2D eigenvalue weighted by Gasteiger charge is -2.58. The highest BCUT2D eigenvalue weighted by atomic mass is 16.3. The Labute approximate surface area is 109 Å². The molecular formula is C17H22O. The molecule has 0 heterocycles. The fourth-order valence-electron chi connectivity index (χ4n) is 5.31. The summed E-state index contributed by atoms with van der Waals surface area (Å²) in [5, 5.41) is 10.6. The van der Waals surface area contributed by atoms with Gasteiger partial charge in [-0.05, 0) is 67.8 Å². The lowest BCUT2D eigenvalue weighted by molar-refractivity contribution is -0.151. The third kappa shape index (κ3) is 1.72. The lowest BCUT2D eigenvalue weighted by atomic mass is 9.49. The van der Waals surface area contributed by atoms with Gasteiger partial charge < -0.3 is 5.11 Å². The zero-order valence-corrected chi connectivity index (χ0v) is 10.9. The fourth-order valence-corrected chi connectivity index (χ4v) is 5.31. The van der Waals surface area contributed by atoms with Crippen molar-refractivity contribution < 1.29 is 5.11 Å². The minimum atomic E-state index is -0.274. The maximum atomic E-state index is 10.6. The molecule has 4 aliphatic rings. The van der Waals surface area contributed by atoms with Crippen LogP contribution in [0, 0.1) is 23.7 Å². The average Bonchev–Trinajstić information content (AvgIpc) is 2.33. The van der Waals surface area contributed by atoms with Gasteiger partial charge in [0.15, 0.2) is 0 Å². The van der Waals surface area contributed by atoms with Crippen LogP contribution in [-0.2, 0) is 6.42 Å². The molecular weight excluding hydrogens is 220 g/mol. The molecule has 0 aliphatic heterocycles. The number of benzene rings is 1. The minimum absolute atomic E-state index is 0.274. The molecule has 1 aromatic carbocycles. The summed E-state index contributed by atoms with van der Waals surface area (Å²) in [6.45, 7) is 0. The lowest BCUT2D eigenvalue weighted by Crippen LogP contribution is -2.55. The van der Waals surface area contributed by atoms with E-state index in [1.54, 1.807) is 0 Å². The summed E-state index contributed by atoms with van der Waals surface area (Å²) >= 11 is 0. The van der Waals surface area contributed by atoms with E-state index in [1.165, 1.54) is 24.8 Å². The quantitative estimate of drug-likeness (QED) is 0.842. The van der Waals surface area contributed by atoms with Gasteiger partial charge in [-0.2, -0.15) is 0 Å². The Hall–Kier alpha value is -0.820. The van der Waals surface area contributed by atoms with E-state index >= 15 is 0 Å². The van der Waals surface area contributed by atoms with Crippen molar-refractivity contribution in [2.24, 2.45) is 23.7 Å². The van der Waals surface area contributed by atoms with Crippen LogP contribution in [0.4, 0.5) is 0 Å². The summed E-state index contributed by atoms with van der Waals surface area (Å²) in [7, 11) is 0. The van der Waals surface area contributed by atoms with Gasteiger partial charge >= 0.3 is 0 Å². The van der Waals surface area contributed by atoms with Crippen molar-refractivity contribution in [2.45, 2.75) is 44.1 Å². The minimum Gasteiger partial charge on any atom is -0.390 e. The van der Waals surface area contributed by atoms with Crippen molar-refractivity contribution in [3.05, 3.63) is 35.9 Å². The maximum absolute atomic E-state index is 10.6. The predicted octanol–water partition coefficient (Wildman–Crippen LogP) is 3.42. The number of hydrogen-bond acceptors (Lipinski definition) is 1. The molecule has 0 saturated heterocycles. The van der Waals surface area contributed by atoms with Crippen molar-refractivity contribution in [1.82, 2.24) is 0 Å². The molecule has 0 amide bonds. The van der Waals surface area contributed by atoms with E-state index in [1.807, 2.05) is 0 Å². The zero-order chi connectivity index (χ0) is 12.2. The van der Waals surface area contributed by atoms with Crippen molar-refractivity contribution >= 4 is 0 Å². The summed E-state index contributed by atoms with van der Waals surface area (Å²) in [6, 6.07) is 10.9. The van der Waals surface area contributed by atoms with Crippen LogP contribution in [-0.4, -0.2) is 10.7 Å². The Morgan fingerprint density at radius 1 is 1.00 bits per heavy atom. The van der Waals surface area contributed by atoms with E-state index in [9.17, 15) is 5.11 Å². The Bertz CT molecular complexity index is 422. The largest absolute Gasteiger partial charge is 0.390 e. The molecule has 0 spiro atoms. The Morgan fingerprint density at radius 3 is 2.28 bits per heavy atom. The predicted molar refractivity (Wildman–Crippen MR) is 72.1 cm³/mol. The smallest absolute Gasteiger partial charge is 0.0656 e. The van der Waals surface area contributed by atoms with Gasteiger partial charge in [-0.15, -0.1) is 0 Å². The van der Waals surface area contributed by atoms with Gasteiger partial charge in [0.05, 0.1) is 5.60 Å². The van der Waals surface area contributed by atoms with Crippen LogP contribution >= 0.6 is 0 Å². The Morgan fingerprint density at radius 2 is 1.67 bits per heavy atom. The SMILES string of the molecule is OC12CC3CC(C1)C(Cc1ccccc1)C(C3)C2. The molecule has 2 atom stereocenters. The van der Waals surface area contributed by atoms with Crippen LogP contribution in [0.25, 0.3) is 0 Å². The first-order valence-corrected chi connectivity index (χ1v) is 7.48. The van der Waals surface area contributed by atoms with Gasteiger partial charge in [0.1, 0.15) is 0 Å². The molecule has 0 aromatic heterocycles. The molecule has 5 rings (SSSR count). The maximum Gasteiger partial charge on any atom is 0.0656 e. The topological polar surface area (TPSA) is 20.2 Å². The molecule has 0 radical (unpaired) electrons. The van der Waals surface area contributed by atoms with Gasteiger partial charge in [-0.1, -0.05) is 30.3 Å². The molecule has 4 bridgehead atoms. The summed E-state index contributed by atoms with van der Waals surface area (Å²) < 4.78 is 0. The molecule has 4 aliphatic carbocycles. The summed E-state index contributed by atoms with van der Waals surface area (Å²) in [6.07, 6.45) is 7.26. The molecule has 1 aromatic rings. The first-order chi connectivity index (χ1) is 8.72. The van der Waals surface area contributed by atoms with Crippen molar-refractivity contribution in [3.63, 3.8) is 0 Å². The Balaban J connectivity index is 1.57. The third-order valence-electron chi connectivity index (χ3n) is 5.75. The summed E-state index contributed by atoms with van der Waals surface area (Å²) in [5.74, 6) is 3.26. The standard InChI is InChI=1S/C17H22O/c18-17-9-13-6-14(10-17)16(15(7-13)11-17)8-12-4-2-1-3-5-12/h1-5,13-16,18H,6-11H2. The van der Waals surface area contributed by atoms with Crippen molar-refractivity contribution in [2.75, 3.05) is 0 Å². The molecule has 1 N–H and O–H groups in total. The molecule has 18 heavy (non-hydrogen) atoms. The number of rotatable bonds is 2. The van der Waals surface area contributed by atoms with E-state index < -0.39 is 0 Å². The van der Waals surface area contributed by atoms with E-state index in [0.717, 1.165) is 42.9 Å². The average molecular weight is 242 g/mol. The summed E-state index contributed by atoms with van der Waals surface area (Å²) in [5.41, 5.74) is 1.21. The fraction of sp³-hybridized carbons (Fsp3) is 0.647. The molecule has 1 heteroatoms. The molecule has 96 valence electrons. The van der Waals surface area contributed by atoms with Crippen molar-refractivity contribution in [1.29, 1.82) is 0 Å². The van der Waals surface area contributed by atoms with Crippen LogP contribution in [0.2, 0.25) is 0 Å². The van der Waals surface area contributed by atoms with E-state index in [2.05, 4.69) is 30.3 Å². The van der Waals surface area contributed by atoms with Crippen LogP contribution in [0.15, 0.2) is 30.3 Å². The normalized spacial score (nSPS) is 45.4. The van der Waals surface area contributed by atoms with Gasteiger partial charge in [-0.25, -0.2) is 0 Å². The molecule has 4 fully saturated rings. The first-order valence-electron chi connectivity index (χ1n) is 7.48. The van der Waals surface area contributed by atoms with Crippen LogP contribution in [0.5, 0.6) is 0 Å². The van der Waals surface area contributed by atoms with Crippen LogP contribution in [0.3, 0.4) is 0 Å². The monoisotopic (exact) mass is 242 g/mol. The van der Waals surface area contributed by atoms with E-state index in [0.29, 0.717) is 0 Å². The number of hydrogen-bond donors (Lipinski definition) is 1. The molecule has 2 unspecified atom stereocenters. The van der Waals surface area contributed by atoms with Crippen LogP contribution < -0.4 is 0 Å². The second-order valence-electron chi connectivity index (χ2n) is 7.05. The van der Waals surface area contributed by atoms with E-state index in [4.69, 9.17) is 0 Å². The molecule has 1 nitrogen and oxygen atoms in total. The van der Waals surface area contributed by atoms with Gasteiger partial charge in [-0.3, -0.25) is 0 Å². The second kappa shape index (κ2) is 3.84. The highest BCUT2D eigenvalue weighted by molar-refractivity contribution is 5.17. The van der Waals surface area contributed by atoms with Crippen molar-refractivity contribution in [3.8, 4) is 0 Å². The van der Waals surface area contributed by atoms with Gasteiger partial charge in [0.25, 0.3) is 0 Å². The highest BCUT2D eigenvalue weighted by Crippen LogP contribution is 2.58. The summed E-state index contributed by atoms with van der Waals surface area (Å²) in [4.78, 5) is 0. The third-order valence-corrected chi connectivity index (χ3v) is 5.75. The second-order valence-corrected chi connectivity index (χ2v) is 7.05. The highest BCUT2D eigenvalue weighted by Gasteiger charge is 2.54. The van der Waals surface area contributed by atoms with Crippen LogP contribution in [0.1, 0.15) is 37.7 Å². The zero-order valence-electron chi connectivity index (χ0n) is 10.9. The van der Waals surface area contributed by atoms with Gasteiger partial charge in [0.2, 0.25) is 0 Å². The molecule has 4 saturated carbocycles.